The van der Waals surface area contributed by atoms with Crippen LogP contribution < -0.4 is 10.2 Å². The number of carbonyl (C=O) groups excluding carboxylic acids is 1. The number of nitrogens with zero attached hydrogens (tertiary/aromatic N) is 3. The maximum absolute atomic E-state index is 13.2. The van der Waals surface area contributed by atoms with Crippen LogP contribution in [0.4, 0.5) is 11.4 Å². The van der Waals surface area contributed by atoms with Gasteiger partial charge in [0, 0.05) is 19.5 Å². The van der Waals surface area contributed by atoms with Gasteiger partial charge in [-0.05, 0) is 49.2 Å². The van der Waals surface area contributed by atoms with Crippen molar-refractivity contribution in [3.8, 4) is 0 Å². The number of carbonyl (C=O) groups is 1. The number of furan rings is 2. The van der Waals surface area contributed by atoms with Crippen LogP contribution in [-0.4, -0.2) is 47.5 Å². The second-order valence-electron chi connectivity index (χ2n) is 8.09. The standard InChI is InChI=1S/C24H26N4O4/c29-17-9-11-27(12-10-17)20-6-2-1-5-18(20)25-16-24(30)28-21(23-8-4-14-32-23)15-19(26-28)22-7-3-13-31-22/h1-8,13-14,17,21,25,29H,9-12,15-16H2. The van der Waals surface area contributed by atoms with E-state index in [9.17, 15) is 9.90 Å². The van der Waals surface area contributed by atoms with Gasteiger partial charge in [-0.3, -0.25) is 4.79 Å². The molecule has 1 atom stereocenters. The number of benzene rings is 1. The Labute approximate surface area is 186 Å². The largest absolute Gasteiger partial charge is 0.467 e. The van der Waals surface area contributed by atoms with E-state index in [-0.39, 0.29) is 24.6 Å². The summed E-state index contributed by atoms with van der Waals surface area (Å²) in [6.07, 6.45) is 4.99. The number of nitrogens with one attached hydrogen (secondary N) is 1. The molecule has 0 saturated carbocycles. The molecule has 2 N–H and O–H groups in total. The van der Waals surface area contributed by atoms with Gasteiger partial charge in [-0.15, -0.1) is 0 Å². The van der Waals surface area contributed by atoms with Crippen molar-refractivity contribution in [1.82, 2.24) is 5.01 Å². The van der Waals surface area contributed by atoms with E-state index in [1.807, 2.05) is 48.5 Å². The third-order valence-electron chi connectivity index (χ3n) is 5.98. The molecule has 4 heterocycles. The molecule has 0 aliphatic carbocycles. The number of piperidine rings is 1. The summed E-state index contributed by atoms with van der Waals surface area (Å²) in [5.41, 5.74) is 2.65. The van der Waals surface area contributed by atoms with E-state index in [2.05, 4.69) is 15.3 Å². The molecule has 32 heavy (non-hydrogen) atoms. The summed E-state index contributed by atoms with van der Waals surface area (Å²) in [6, 6.07) is 15.0. The second-order valence-corrected chi connectivity index (χ2v) is 8.09. The number of anilines is 2. The van der Waals surface area contributed by atoms with Crippen molar-refractivity contribution in [3.63, 3.8) is 0 Å². The maximum atomic E-state index is 13.2. The molecular formula is C24H26N4O4. The smallest absolute Gasteiger partial charge is 0.262 e. The first kappa shape index (κ1) is 20.4. The van der Waals surface area contributed by atoms with Crippen LogP contribution in [0.3, 0.4) is 0 Å². The second kappa shape index (κ2) is 8.92. The molecule has 0 spiro atoms. The molecule has 3 aromatic rings. The Morgan fingerprint density at radius 1 is 1.06 bits per heavy atom. The topological polar surface area (TPSA) is 94.5 Å². The van der Waals surface area contributed by atoms with Gasteiger partial charge < -0.3 is 24.2 Å². The minimum atomic E-state index is -0.307. The van der Waals surface area contributed by atoms with Crippen molar-refractivity contribution < 1.29 is 18.7 Å². The Morgan fingerprint density at radius 3 is 2.59 bits per heavy atom. The van der Waals surface area contributed by atoms with Gasteiger partial charge in [-0.2, -0.15) is 5.10 Å². The lowest BCUT2D eigenvalue weighted by molar-refractivity contribution is -0.131. The maximum Gasteiger partial charge on any atom is 0.262 e. The van der Waals surface area contributed by atoms with Crippen LogP contribution in [0.1, 0.15) is 36.8 Å². The van der Waals surface area contributed by atoms with E-state index in [4.69, 9.17) is 8.83 Å². The van der Waals surface area contributed by atoms with Crippen molar-refractivity contribution >= 4 is 23.0 Å². The van der Waals surface area contributed by atoms with Crippen molar-refractivity contribution in [2.75, 3.05) is 29.9 Å². The Morgan fingerprint density at radius 2 is 1.84 bits per heavy atom. The van der Waals surface area contributed by atoms with Gasteiger partial charge in [0.2, 0.25) is 0 Å². The zero-order valence-electron chi connectivity index (χ0n) is 17.7. The fourth-order valence-electron chi connectivity index (χ4n) is 4.29. The molecule has 2 aliphatic heterocycles. The molecular weight excluding hydrogens is 408 g/mol. The van der Waals surface area contributed by atoms with Crippen LogP contribution in [0.5, 0.6) is 0 Å². The van der Waals surface area contributed by atoms with E-state index in [1.54, 1.807) is 12.5 Å². The van der Waals surface area contributed by atoms with Crippen LogP contribution >= 0.6 is 0 Å². The lowest BCUT2D eigenvalue weighted by Crippen LogP contribution is -2.36. The predicted molar refractivity (Wildman–Crippen MR) is 121 cm³/mol. The Balaban J connectivity index is 1.32. The third-order valence-corrected chi connectivity index (χ3v) is 5.98. The molecule has 1 amide bonds. The first-order valence-electron chi connectivity index (χ1n) is 10.9. The molecule has 1 fully saturated rings. The Hall–Kier alpha value is -3.52. The summed E-state index contributed by atoms with van der Waals surface area (Å²) in [4.78, 5) is 15.5. The van der Waals surface area contributed by atoms with Crippen molar-refractivity contribution in [2.24, 2.45) is 5.10 Å². The highest BCUT2D eigenvalue weighted by Crippen LogP contribution is 2.34. The number of aliphatic hydroxyl groups is 1. The average molecular weight is 434 g/mol. The number of hydrogen-bond donors (Lipinski definition) is 2. The summed E-state index contributed by atoms with van der Waals surface area (Å²) in [7, 11) is 0. The Kier molecular flexibility index (Phi) is 5.68. The molecule has 166 valence electrons. The van der Waals surface area contributed by atoms with Gasteiger partial charge in [0.05, 0.1) is 36.5 Å². The molecule has 0 radical (unpaired) electrons. The number of para-hydroxylation sites is 2. The zero-order valence-corrected chi connectivity index (χ0v) is 17.7. The van der Waals surface area contributed by atoms with E-state index in [0.29, 0.717) is 17.9 Å². The molecule has 5 rings (SSSR count). The number of hydrazone groups is 1. The molecule has 2 aromatic heterocycles. The number of amides is 1. The number of hydrogen-bond acceptors (Lipinski definition) is 7. The van der Waals surface area contributed by atoms with Crippen LogP contribution in [-0.2, 0) is 4.79 Å². The fourth-order valence-corrected chi connectivity index (χ4v) is 4.29. The highest BCUT2D eigenvalue weighted by molar-refractivity contribution is 6.01. The van der Waals surface area contributed by atoms with Crippen LogP contribution in [0, 0.1) is 0 Å². The molecule has 1 aromatic carbocycles. The van der Waals surface area contributed by atoms with Crippen molar-refractivity contribution in [2.45, 2.75) is 31.4 Å². The highest BCUT2D eigenvalue weighted by Gasteiger charge is 2.35. The zero-order chi connectivity index (χ0) is 21.9. The molecule has 8 heteroatoms. The minimum Gasteiger partial charge on any atom is -0.467 e. The monoisotopic (exact) mass is 434 g/mol. The summed E-state index contributed by atoms with van der Waals surface area (Å²) in [5.74, 6) is 1.19. The van der Waals surface area contributed by atoms with Crippen LogP contribution in [0.2, 0.25) is 0 Å². The summed E-state index contributed by atoms with van der Waals surface area (Å²) in [5, 5.41) is 19.2. The SMILES string of the molecule is O=C(CNc1ccccc1N1CCC(O)CC1)N1N=C(c2ccco2)CC1c1ccco1. The average Bonchev–Trinajstić information content (AvgIpc) is 3.59. The van der Waals surface area contributed by atoms with Gasteiger partial charge in [-0.1, -0.05) is 12.1 Å². The number of aliphatic hydroxyl groups excluding tert-OH is 1. The fraction of sp³-hybridized carbons (Fsp3) is 0.333. The molecule has 2 aliphatic rings. The van der Waals surface area contributed by atoms with Crippen LogP contribution in [0.15, 0.2) is 75.0 Å². The van der Waals surface area contributed by atoms with E-state index < -0.39 is 0 Å². The summed E-state index contributed by atoms with van der Waals surface area (Å²) in [6.45, 7) is 1.67. The van der Waals surface area contributed by atoms with Gasteiger partial charge in [0.25, 0.3) is 5.91 Å². The lowest BCUT2D eigenvalue weighted by atomic mass is 10.1. The van der Waals surface area contributed by atoms with E-state index >= 15 is 0 Å². The Bertz CT molecular complexity index is 1070. The van der Waals surface area contributed by atoms with Gasteiger partial charge in [-0.25, -0.2) is 5.01 Å². The van der Waals surface area contributed by atoms with Crippen molar-refractivity contribution in [1.29, 1.82) is 0 Å². The van der Waals surface area contributed by atoms with Crippen LogP contribution in [0.25, 0.3) is 0 Å². The molecule has 8 nitrogen and oxygen atoms in total. The van der Waals surface area contributed by atoms with E-state index in [1.165, 1.54) is 5.01 Å². The normalized spacial score (nSPS) is 19.3. The number of rotatable bonds is 6. The quantitative estimate of drug-likeness (QED) is 0.615. The third kappa shape index (κ3) is 4.13. The van der Waals surface area contributed by atoms with Gasteiger partial charge >= 0.3 is 0 Å². The highest BCUT2D eigenvalue weighted by atomic mass is 16.3. The summed E-state index contributed by atoms with van der Waals surface area (Å²) >= 11 is 0. The minimum absolute atomic E-state index is 0.0968. The van der Waals surface area contributed by atoms with E-state index in [0.717, 1.165) is 43.0 Å². The predicted octanol–water partition coefficient (Wildman–Crippen LogP) is 3.62. The molecule has 1 unspecified atom stereocenters. The lowest BCUT2D eigenvalue weighted by Gasteiger charge is -2.33. The first-order chi connectivity index (χ1) is 15.7. The van der Waals surface area contributed by atoms with Gasteiger partial charge in [0.15, 0.2) is 0 Å². The first-order valence-corrected chi connectivity index (χ1v) is 10.9. The molecule has 1 saturated heterocycles. The molecule has 0 bridgehead atoms. The van der Waals surface area contributed by atoms with Crippen molar-refractivity contribution in [3.05, 3.63) is 72.6 Å². The van der Waals surface area contributed by atoms with Gasteiger partial charge in [0.1, 0.15) is 23.3 Å². The summed E-state index contributed by atoms with van der Waals surface area (Å²) < 4.78 is 11.1.